The van der Waals surface area contributed by atoms with E-state index >= 15 is 0 Å². The maximum absolute atomic E-state index is 6.31. The predicted octanol–water partition coefficient (Wildman–Crippen LogP) is 4.17. The number of hydrazine groups is 1. The van der Waals surface area contributed by atoms with Crippen molar-refractivity contribution in [3.8, 4) is 5.75 Å². The Morgan fingerprint density at radius 3 is 2.43 bits per heavy atom. The molecule has 0 aliphatic rings. The summed E-state index contributed by atoms with van der Waals surface area (Å²) in [5, 5.41) is 0.986. The Morgan fingerprint density at radius 2 is 1.81 bits per heavy atom. The summed E-state index contributed by atoms with van der Waals surface area (Å²) >= 11 is 12.4. The summed E-state index contributed by atoms with van der Waals surface area (Å²) in [6, 6.07) is 9.22. The van der Waals surface area contributed by atoms with E-state index in [1.807, 2.05) is 38.1 Å². The third-order valence-corrected chi connectivity index (χ3v) is 4.51. The molecule has 0 aliphatic heterocycles. The molecule has 112 valence electrons. The van der Waals surface area contributed by atoms with Gasteiger partial charge in [-0.3, -0.25) is 5.84 Å². The van der Waals surface area contributed by atoms with Crippen molar-refractivity contribution in [1.82, 2.24) is 5.43 Å². The van der Waals surface area contributed by atoms with Gasteiger partial charge in [0, 0.05) is 5.56 Å². The molecule has 21 heavy (non-hydrogen) atoms. The van der Waals surface area contributed by atoms with Crippen LogP contribution in [-0.2, 0) is 0 Å². The Balaban J connectivity index is 2.62. The van der Waals surface area contributed by atoms with Crippen molar-refractivity contribution in [3.63, 3.8) is 0 Å². The smallest absolute Gasteiger partial charge is 0.127 e. The Bertz CT molecular complexity index is 659. The second-order valence-corrected chi connectivity index (χ2v) is 5.66. The Labute approximate surface area is 135 Å². The zero-order valence-electron chi connectivity index (χ0n) is 12.2. The van der Waals surface area contributed by atoms with Crippen molar-refractivity contribution in [2.45, 2.75) is 19.9 Å². The fourth-order valence-electron chi connectivity index (χ4n) is 2.40. The van der Waals surface area contributed by atoms with Gasteiger partial charge in [0.25, 0.3) is 0 Å². The second kappa shape index (κ2) is 6.67. The van der Waals surface area contributed by atoms with Crippen molar-refractivity contribution >= 4 is 23.2 Å². The molecule has 0 spiro atoms. The molecule has 0 aromatic heterocycles. The molecular weight excluding hydrogens is 307 g/mol. The Morgan fingerprint density at radius 1 is 1.10 bits per heavy atom. The lowest BCUT2D eigenvalue weighted by molar-refractivity contribution is 0.401. The molecule has 3 nitrogen and oxygen atoms in total. The number of benzene rings is 2. The normalized spacial score (nSPS) is 12.3. The van der Waals surface area contributed by atoms with E-state index in [0.717, 1.165) is 28.0 Å². The summed E-state index contributed by atoms with van der Waals surface area (Å²) in [6.07, 6.45) is 0. The van der Waals surface area contributed by atoms with Gasteiger partial charge in [0.15, 0.2) is 0 Å². The monoisotopic (exact) mass is 324 g/mol. The average molecular weight is 325 g/mol. The minimum absolute atomic E-state index is 0.301. The summed E-state index contributed by atoms with van der Waals surface area (Å²) in [7, 11) is 1.65. The highest BCUT2D eigenvalue weighted by molar-refractivity contribution is 6.42. The summed E-state index contributed by atoms with van der Waals surface area (Å²) in [4.78, 5) is 0. The SMILES string of the molecule is COc1c(C(NN)c2cccc(Cl)c2Cl)ccc(C)c1C. The molecule has 2 aromatic rings. The fourth-order valence-corrected chi connectivity index (χ4v) is 2.82. The lowest BCUT2D eigenvalue weighted by Gasteiger charge is -2.23. The third-order valence-electron chi connectivity index (χ3n) is 3.68. The lowest BCUT2D eigenvalue weighted by atomic mass is 9.94. The minimum Gasteiger partial charge on any atom is -0.496 e. The second-order valence-electron chi connectivity index (χ2n) is 4.87. The lowest BCUT2D eigenvalue weighted by Crippen LogP contribution is -2.29. The van der Waals surface area contributed by atoms with Gasteiger partial charge in [0.1, 0.15) is 5.75 Å². The number of aryl methyl sites for hydroxylation is 1. The van der Waals surface area contributed by atoms with Crippen LogP contribution in [0.3, 0.4) is 0 Å². The molecule has 3 N–H and O–H groups in total. The number of rotatable bonds is 4. The molecule has 0 fully saturated rings. The topological polar surface area (TPSA) is 47.3 Å². The zero-order valence-corrected chi connectivity index (χ0v) is 13.7. The van der Waals surface area contributed by atoms with Crippen LogP contribution < -0.4 is 16.0 Å². The van der Waals surface area contributed by atoms with Crippen LogP contribution in [0.5, 0.6) is 5.75 Å². The predicted molar refractivity (Wildman–Crippen MR) is 88.1 cm³/mol. The average Bonchev–Trinajstić information content (AvgIpc) is 2.48. The van der Waals surface area contributed by atoms with Gasteiger partial charge in [0.05, 0.1) is 23.2 Å². The van der Waals surface area contributed by atoms with Gasteiger partial charge in [0.2, 0.25) is 0 Å². The van der Waals surface area contributed by atoms with E-state index in [1.54, 1.807) is 13.2 Å². The summed E-state index contributed by atoms with van der Waals surface area (Å²) in [5.41, 5.74) is 6.77. The largest absolute Gasteiger partial charge is 0.496 e. The highest BCUT2D eigenvalue weighted by atomic mass is 35.5. The molecule has 0 saturated heterocycles. The van der Waals surface area contributed by atoms with Crippen molar-refractivity contribution in [2.24, 2.45) is 5.84 Å². The highest BCUT2D eigenvalue weighted by Gasteiger charge is 2.22. The van der Waals surface area contributed by atoms with Crippen LogP contribution in [0.15, 0.2) is 30.3 Å². The first-order valence-electron chi connectivity index (χ1n) is 6.55. The van der Waals surface area contributed by atoms with Crippen molar-refractivity contribution < 1.29 is 4.74 Å². The summed E-state index contributed by atoms with van der Waals surface area (Å²) in [5.74, 6) is 6.56. The Kier molecular flexibility index (Phi) is 5.12. The van der Waals surface area contributed by atoms with Gasteiger partial charge in [-0.1, -0.05) is 47.5 Å². The highest BCUT2D eigenvalue weighted by Crippen LogP contribution is 2.38. The van der Waals surface area contributed by atoms with E-state index in [0.29, 0.717) is 10.0 Å². The quantitative estimate of drug-likeness (QED) is 0.655. The van der Waals surface area contributed by atoms with Gasteiger partial charge in [-0.2, -0.15) is 0 Å². The van der Waals surface area contributed by atoms with Crippen LogP contribution in [0.2, 0.25) is 10.0 Å². The fraction of sp³-hybridized carbons (Fsp3) is 0.250. The van der Waals surface area contributed by atoms with Gasteiger partial charge in [-0.25, -0.2) is 5.43 Å². The Hall–Kier alpha value is -1.26. The molecule has 2 aromatic carbocycles. The molecule has 0 radical (unpaired) electrons. The van der Waals surface area contributed by atoms with Crippen molar-refractivity contribution in [1.29, 1.82) is 0 Å². The van der Waals surface area contributed by atoms with Gasteiger partial charge in [-0.05, 0) is 36.6 Å². The maximum Gasteiger partial charge on any atom is 0.127 e. The first-order chi connectivity index (χ1) is 10.0. The van der Waals surface area contributed by atoms with Gasteiger partial charge in [-0.15, -0.1) is 0 Å². The van der Waals surface area contributed by atoms with Gasteiger partial charge < -0.3 is 4.74 Å². The number of nitrogens with two attached hydrogens (primary N) is 1. The van der Waals surface area contributed by atoms with E-state index in [9.17, 15) is 0 Å². The van der Waals surface area contributed by atoms with Crippen LogP contribution in [0.1, 0.15) is 28.3 Å². The summed E-state index contributed by atoms with van der Waals surface area (Å²) in [6.45, 7) is 4.06. The van der Waals surface area contributed by atoms with E-state index in [1.165, 1.54) is 0 Å². The zero-order chi connectivity index (χ0) is 15.6. The molecule has 1 unspecified atom stereocenters. The molecule has 0 aliphatic carbocycles. The van der Waals surface area contributed by atoms with E-state index in [2.05, 4.69) is 5.43 Å². The van der Waals surface area contributed by atoms with E-state index in [-0.39, 0.29) is 6.04 Å². The van der Waals surface area contributed by atoms with Crippen LogP contribution in [0, 0.1) is 13.8 Å². The molecule has 0 saturated carbocycles. The number of methoxy groups -OCH3 is 1. The van der Waals surface area contributed by atoms with E-state index in [4.69, 9.17) is 33.8 Å². The van der Waals surface area contributed by atoms with Crippen LogP contribution in [0.25, 0.3) is 0 Å². The molecule has 0 bridgehead atoms. The van der Waals surface area contributed by atoms with Crippen molar-refractivity contribution in [2.75, 3.05) is 7.11 Å². The minimum atomic E-state index is -0.301. The van der Waals surface area contributed by atoms with Crippen LogP contribution >= 0.6 is 23.2 Å². The first kappa shape index (κ1) is 16.1. The molecular formula is C16H18Cl2N2O. The number of hydrogen-bond acceptors (Lipinski definition) is 3. The van der Waals surface area contributed by atoms with Gasteiger partial charge >= 0.3 is 0 Å². The maximum atomic E-state index is 6.31. The number of ether oxygens (including phenoxy) is 1. The molecule has 1 atom stereocenters. The van der Waals surface area contributed by atoms with E-state index < -0.39 is 0 Å². The molecule has 2 rings (SSSR count). The van der Waals surface area contributed by atoms with Crippen LogP contribution in [-0.4, -0.2) is 7.11 Å². The molecule has 0 heterocycles. The molecule has 5 heteroatoms. The summed E-state index contributed by atoms with van der Waals surface area (Å²) < 4.78 is 5.56. The standard InChI is InChI=1S/C16H18Cl2N2O/c1-9-7-8-12(16(21-3)10(9)2)15(20-19)11-5-4-6-13(17)14(11)18/h4-8,15,20H,19H2,1-3H3. The van der Waals surface area contributed by atoms with Crippen LogP contribution in [0.4, 0.5) is 0 Å². The molecule has 0 amide bonds. The number of halogens is 2. The number of hydrogen-bond donors (Lipinski definition) is 2. The first-order valence-corrected chi connectivity index (χ1v) is 7.31. The van der Waals surface area contributed by atoms with Crippen molar-refractivity contribution in [3.05, 3.63) is 62.6 Å². The third kappa shape index (κ3) is 3.01. The number of nitrogens with one attached hydrogen (secondary N) is 1.